The predicted molar refractivity (Wildman–Crippen MR) is 152 cm³/mol. The van der Waals surface area contributed by atoms with Gasteiger partial charge in [-0.3, -0.25) is 9.52 Å². The van der Waals surface area contributed by atoms with Crippen LogP contribution in [0.1, 0.15) is 71.8 Å². The highest BCUT2D eigenvalue weighted by atomic mass is 32.2. The van der Waals surface area contributed by atoms with Crippen LogP contribution in [-0.4, -0.2) is 41.6 Å². The van der Waals surface area contributed by atoms with E-state index in [-0.39, 0.29) is 8.42 Å². The van der Waals surface area contributed by atoms with Gasteiger partial charge in [0.05, 0.1) is 11.3 Å². The van der Waals surface area contributed by atoms with Crippen molar-refractivity contribution in [3.8, 4) is 0 Å². The molecule has 1 atom stereocenters. The van der Waals surface area contributed by atoms with E-state index in [0.717, 1.165) is 34.0 Å². The summed E-state index contributed by atoms with van der Waals surface area (Å²) >= 11 is 0. The number of aromatic amines is 1. The molecule has 2 aromatic heterocycles. The third-order valence-corrected chi connectivity index (χ3v) is 7.70. The first-order valence-electron chi connectivity index (χ1n) is 12.6. The number of anilines is 1. The lowest BCUT2D eigenvalue weighted by molar-refractivity contribution is 0.103. The molecule has 2 heterocycles. The van der Waals surface area contributed by atoms with Crippen LogP contribution in [0.15, 0.2) is 48.8 Å². The van der Waals surface area contributed by atoms with Gasteiger partial charge in [-0.1, -0.05) is 45.4 Å². The van der Waals surface area contributed by atoms with Gasteiger partial charge in [0.2, 0.25) is 5.78 Å². The molecule has 0 radical (unpaired) electrons. The summed E-state index contributed by atoms with van der Waals surface area (Å²) in [5.41, 5.74) is 0.761. The van der Waals surface area contributed by atoms with Crippen LogP contribution >= 0.6 is 0 Å². The second-order valence-corrected chi connectivity index (χ2v) is 11.3. The molecule has 0 spiro atoms. The number of benzene rings is 1. The number of aromatic nitrogens is 2. The Bertz CT molecular complexity index is 1500. The van der Waals surface area contributed by atoms with Crippen molar-refractivity contribution in [2.45, 2.75) is 53.5 Å². The highest BCUT2D eigenvalue weighted by Crippen LogP contribution is 2.30. The molecule has 10 heteroatoms. The van der Waals surface area contributed by atoms with Crippen molar-refractivity contribution in [1.29, 1.82) is 0 Å². The predicted octanol–water partition coefficient (Wildman–Crippen LogP) is 6.96. The van der Waals surface area contributed by atoms with Gasteiger partial charge < -0.3 is 4.98 Å². The number of carbonyl (C=O) groups excluding carboxylic acids is 1. The number of hydrogen-bond donors (Lipinski definition) is 2. The molecule has 0 saturated heterocycles. The minimum absolute atomic E-state index is 0. The summed E-state index contributed by atoms with van der Waals surface area (Å²) in [7, 11) is -2.79. The van der Waals surface area contributed by atoms with Crippen LogP contribution < -0.4 is 4.72 Å². The average Bonchev–Trinajstić information content (AvgIpc) is 3.29. The SMILES string of the molecule is CC1C=C(c2cnc3[nH]cc(C(=O)c4c(F)ccc(NS(=O)(=O)N(C)C(C)C)c4F)c3c2)C=CC1.CCC.[HH].[HH]. The number of pyridine rings is 1. The number of halogens is 2. The van der Waals surface area contributed by atoms with Crippen LogP contribution in [0.2, 0.25) is 0 Å². The van der Waals surface area contributed by atoms with E-state index in [1.807, 2.05) is 6.08 Å². The molecule has 3 aromatic rings. The molecule has 4 rings (SSSR count). The number of ketones is 1. The number of carbonyl (C=O) groups is 1. The van der Waals surface area contributed by atoms with Gasteiger partial charge in [0.25, 0.3) is 0 Å². The van der Waals surface area contributed by atoms with E-state index < -0.39 is 44.9 Å². The summed E-state index contributed by atoms with van der Waals surface area (Å²) < 4.78 is 58.2. The lowest BCUT2D eigenvalue weighted by Gasteiger charge is -2.22. The number of hydrogen-bond acceptors (Lipinski definition) is 4. The fourth-order valence-electron chi connectivity index (χ4n) is 3.84. The first-order valence-corrected chi connectivity index (χ1v) is 14.0. The zero-order chi connectivity index (χ0) is 28.2. The standard InChI is InChI=1S/C25H26F2N4O3S.C3H8.2H2/c1-14(2)31(4)35(33,34)30-21-9-8-20(26)22(23(21)27)24(32)19-13-29-25-18(19)11-17(12-28-25)16-7-5-6-15(3)10-16;1-3-2;;/h5,7-15,30H,6H2,1-4H3,(H,28,29);3H2,1-2H3;2*1H. The third-order valence-electron chi connectivity index (χ3n) is 6.04. The fourth-order valence-corrected chi connectivity index (χ4v) is 4.98. The smallest absolute Gasteiger partial charge is 0.301 e. The molecule has 38 heavy (non-hydrogen) atoms. The molecule has 1 aliphatic rings. The van der Waals surface area contributed by atoms with E-state index in [0.29, 0.717) is 17.0 Å². The normalized spacial score (nSPS) is 15.4. The van der Waals surface area contributed by atoms with Gasteiger partial charge in [-0.2, -0.15) is 12.7 Å². The van der Waals surface area contributed by atoms with E-state index in [1.165, 1.54) is 19.7 Å². The summed E-state index contributed by atoms with van der Waals surface area (Å²) in [6, 6.07) is 3.16. The number of fused-ring (bicyclic) bond motifs is 1. The summed E-state index contributed by atoms with van der Waals surface area (Å²) in [6.45, 7) is 9.63. The van der Waals surface area contributed by atoms with E-state index in [9.17, 15) is 17.6 Å². The van der Waals surface area contributed by atoms with Crippen molar-refractivity contribution in [3.63, 3.8) is 0 Å². The number of nitrogens with one attached hydrogen (secondary N) is 2. The molecule has 1 unspecified atom stereocenters. The highest BCUT2D eigenvalue weighted by molar-refractivity contribution is 7.90. The van der Waals surface area contributed by atoms with Crippen LogP contribution in [0.5, 0.6) is 0 Å². The molecular formula is C28H38F2N4O3S. The van der Waals surface area contributed by atoms with E-state index >= 15 is 4.39 Å². The molecule has 2 N–H and O–H groups in total. The first-order chi connectivity index (χ1) is 17.9. The van der Waals surface area contributed by atoms with Gasteiger partial charge in [-0.15, -0.1) is 0 Å². The van der Waals surface area contributed by atoms with Crippen LogP contribution in [0.25, 0.3) is 16.6 Å². The molecule has 0 aliphatic heterocycles. The van der Waals surface area contributed by atoms with Crippen molar-refractivity contribution in [1.82, 2.24) is 14.3 Å². The van der Waals surface area contributed by atoms with Crippen molar-refractivity contribution in [3.05, 3.63) is 77.1 Å². The van der Waals surface area contributed by atoms with Gasteiger partial charge in [0.1, 0.15) is 11.5 Å². The van der Waals surface area contributed by atoms with Gasteiger partial charge in [0, 0.05) is 44.8 Å². The molecule has 7 nitrogen and oxygen atoms in total. The monoisotopic (exact) mass is 548 g/mol. The highest BCUT2D eigenvalue weighted by Gasteiger charge is 2.28. The Kier molecular flexibility index (Phi) is 9.22. The molecule has 208 valence electrons. The quantitative estimate of drug-likeness (QED) is 0.312. The lowest BCUT2D eigenvalue weighted by Crippen LogP contribution is -2.37. The Morgan fingerprint density at radius 3 is 2.61 bits per heavy atom. The third kappa shape index (κ3) is 6.19. The number of rotatable bonds is 7. The van der Waals surface area contributed by atoms with E-state index in [2.05, 4.69) is 47.6 Å². The maximum absolute atomic E-state index is 15.3. The Morgan fingerprint density at radius 1 is 1.29 bits per heavy atom. The second kappa shape index (κ2) is 12.0. The minimum Gasteiger partial charge on any atom is -0.345 e. The number of nitrogens with zero attached hydrogens (tertiary/aromatic N) is 2. The molecule has 0 saturated carbocycles. The largest absolute Gasteiger partial charge is 0.345 e. The summed E-state index contributed by atoms with van der Waals surface area (Å²) in [4.78, 5) is 20.5. The summed E-state index contributed by atoms with van der Waals surface area (Å²) in [6.07, 6.45) is 11.3. The van der Waals surface area contributed by atoms with E-state index in [1.54, 1.807) is 26.1 Å². The molecular weight excluding hydrogens is 510 g/mol. The Balaban J connectivity index is 0.00000153. The van der Waals surface area contributed by atoms with Gasteiger partial charge in [-0.25, -0.2) is 13.8 Å². The molecule has 0 bridgehead atoms. The fraction of sp³-hybridized carbons (Fsp3) is 0.357. The minimum atomic E-state index is -4.12. The van der Waals surface area contributed by atoms with Crippen molar-refractivity contribution >= 4 is 38.3 Å². The lowest BCUT2D eigenvalue weighted by atomic mass is 9.93. The van der Waals surface area contributed by atoms with Crippen molar-refractivity contribution < 1.29 is 24.8 Å². The Labute approximate surface area is 225 Å². The average molecular weight is 549 g/mol. The van der Waals surface area contributed by atoms with E-state index in [4.69, 9.17) is 0 Å². The first kappa shape index (κ1) is 29.2. The van der Waals surface area contributed by atoms with Gasteiger partial charge in [-0.05, 0) is 50.0 Å². The summed E-state index contributed by atoms with van der Waals surface area (Å²) in [5.74, 6) is -2.97. The maximum Gasteiger partial charge on any atom is 0.301 e. The zero-order valence-corrected chi connectivity index (χ0v) is 23.3. The number of allylic oxidation sites excluding steroid dienone is 4. The maximum atomic E-state index is 15.3. The van der Waals surface area contributed by atoms with Crippen molar-refractivity contribution in [2.75, 3.05) is 11.8 Å². The van der Waals surface area contributed by atoms with Gasteiger partial charge >= 0.3 is 10.2 Å². The van der Waals surface area contributed by atoms with Crippen LogP contribution in [0, 0.1) is 17.6 Å². The molecule has 1 aromatic carbocycles. The zero-order valence-electron chi connectivity index (χ0n) is 22.5. The van der Waals surface area contributed by atoms with Crippen LogP contribution in [0.4, 0.5) is 14.5 Å². The molecule has 0 amide bonds. The number of H-pyrrole nitrogens is 1. The molecule has 1 aliphatic carbocycles. The Morgan fingerprint density at radius 2 is 1.97 bits per heavy atom. The second-order valence-electron chi connectivity index (χ2n) is 9.60. The summed E-state index contributed by atoms with van der Waals surface area (Å²) in [5, 5.41) is 0.407. The molecule has 0 fully saturated rings. The topological polar surface area (TPSA) is 95.2 Å². The van der Waals surface area contributed by atoms with Crippen molar-refractivity contribution in [2.24, 2.45) is 5.92 Å². The van der Waals surface area contributed by atoms with Crippen LogP contribution in [0.3, 0.4) is 0 Å². The van der Waals surface area contributed by atoms with Crippen LogP contribution in [-0.2, 0) is 10.2 Å². The van der Waals surface area contributed by atoms with Gasteiger partial charge in [0.15, 0.2) is 5.82 Å². The Hall–Kier alpha value is -3.37.